The first kappa shape index (κ1) is 30.1. The van der Waals surface area contributed by atoms with Crippen molar-refractivity contribution >= 4 is 75.3 Å². The fourth-order valence-corrected chi connectivity index (χ4v) is 10.7. The number of furan rings is 1. The molecule has 0 aliphatic heterocycles. The zero-order chi connectivity index (χ0) is 35.7. The van der Waals surface area contributed by atoms with Crippen LogP contribution in [0.25, 0.3) is 103 Å². The van der Waals surface area contributed by atoms with Crippen molar-refractivity contribution in [2.45, 2.75) is 19.3 Å². The van der Waals surface area contributed by atoms with Gasteiger partial charge in [-0.3, -0.25) is 0 Å². The fraction of sp³-hybridized carbons (Fsp3) is 0.0588. The number of hydrogen-bond donors (Lipinski definition) is 0. The van der Waals surface area contributed by atoms with Crippen LogP contribution in [0.3, 0.4) is 0 Å². The number of benzene rings is 8. The predicted octanol–water partition coefficient (Wildman–Crippen LogP) is 14.7. The Morgan fingerprint density at radius 3 is 2.06 bits per heavy atom. The summed E-state index contributed by atoms with van der Waals surface area (Å²) >= 11 is 1.93. The zero-order valence-corrected chi connectivity index (χ0v) is 30.7. The van der Waals surface area contributed by atoms with Crippen molar-refractivity contribution in [3.63, 3.8) is 0 Å². The van der Waals surface area contributed by atoms with E-state index in [0.717, 1.165) is 38.8 Å². The van der Waals surface area contributed by atoms with Crippen LogP contribution >= 0.6 is 11.3 Å². The molecule has 8 aromatic carbocycles. The van der Waals surface area contributed by atoms with Gasteiger partial charge in [-0.15, -0.1) is 11.3 Å². The molecule has 0 fully saturated rings. The van der Waals surface area contributed by atoms with Crippen LogP contribution < -0.4 is 0 Å². The van der Waals surface area contributed by atoms with Crippen LogP contribution in [0, 0.1) is 0 Å². The third-order valence-corrected chi connectivity index (χ3v) is 13.2. The number of hydrogen-bond acceptors (Lipinski definition) is 2. The summed E-state index contributed by atoms with van der Waals surface area (Å²) in [5.41, 5.74) is 15.7. The molecule has 0 saturated heterocycles. The number of nitrogens with zero attached hydrogens (tertiary/aromatic N) is 1. The van der Waals surface area contributed by atoms with E-state index in [1.165, 1.54) is 75.4 Å². The van der Waals surface area contributed by atoms with E-state index in [0.29, 0.717) is 0 Å². The van der Waals surface area contributed by atoms with E-state index in [1.54, 1.807) is 0 Å². The van der Waals surface area contributed by atoms with Crippen molar-refractivity contribution in [2.75, 3.05) is 0 Å². The molecule has 0 radical (unpaired) electrons. The standard InChI is InChI=1S/C51H33NOS/c1-51(2)42-25-20-31(29-41(42)48-43(51)26-24-39-37-12-5-8-17-47(37)54-50(39)48)32-21-27-45-40(28-32)35-10-3-6-15-44(35)52(45)33-22-18-30(19-23-33)34-13-9-14-38-36-11-4-7-16-46(36)53-49(34)38/h3-29H,1-2H3. The Kier molecular flexibility index (Phi) is 6.03. The molecular formula is C51H33NOS. The van der Waals surface area contributed by atoms with Crippen molar-refractivity contribution in [3.05, 3.63) is 175 Å². The molecule has 3 heteroatoms. The molecule has 0 bridgehead atoms. The second-order valence-corrected chi connectivity index (χ2v) is 16.3. The molecule has 3 heterocycles. The molecule has 2 nitrogen and oxygen atoms in total. The largest absolute Gasteiger partial charge is 0.455 e. The van der Waals surface area contributed by atoms with Gasteiger partial charge in [-0.25, -0.2) is 0 Å². The Labute approximate surface area is 316 Å². The lowest BCUT2D eigenvalue weighted by Gasteiger charge is -2.21. The first-order chi connectivity index (χ1) is 26.5. The molecule has 3 aromatic heterocycles. The molecule has 0 N–H and O–H groups in total. The van der Waals surface area contributed by atoms with Crippen molar-refractivity contribution in [1.82, 2.24) is 4.57 Å². The van der Waals surface area contributed by atoms with Gasteiger partial charge in [0.1, 0.15) is 11.2 Å². The minimum absolute atomic E-state index is 0.0565. The molecule has 54 heavy (non-hydrogen) atoms. The second-order valence-electron chi connectivity index (χ2n) is 15.3. The number of para-hydroxylation sites is 3. The summed E-state index contributed by atoms with van der Waals surface area (Å²) in [5.74, 6) is 0. The highest BCUT2D eigenvalue weighted by Crippen LogP contribution is 2.54. The fourth-order valence-electron chi connectivity index (χ4n) is 9.39. The van der Waals surface area contributed by atoms with Crippen LogP contribution in [-0.2, 0) is 5.41 Å². The lowest BCUT2D eigenvalue weighted by atomic mass is 9.82. The Morgan fingerprint density at radius 1 is 0.481 bits per heavy atom. The maximum atomic E-state index is 6.38. The van der Waals surface area contributed by atoms with Crippen LogP contribution in [0.2, 0.25) is 0 Å². The van der Waals surface area contributed by atoms with E-state index >= 15 is 0 Å². The molecule has 254 valence electrons. The summed E-state index contributed by atoms with van der Waals surface area (Å²) in [6, 6.07) is 60.2. The Bertz CT molecular complexity index is 3350. The van der Waals surface area contributed by atoms with E-state index in [9.17, 15) is 0 Å². The SMILES string of the molecule is CC1(C)c2ccc(-c3ccc4c(c3)c3ccccc3n4-c3ccc(-c4cccc5c4oc4ccccc45)cc3)cc2-c2c1ccc1c2sc2ccccc21. The van der Waals surface area contributed by atoms with E-state index in [-0.39, 0.29) is 5.41 Å². The summed E-state index contributed by atoms with van der Waals surface area (Å²) in [6.07, 6.45) is 0. The van der Waals surface area contributed by atoms with Crippen LogP contribution in [0.5, 0.6) is 0 Å². The quantitative estimate of drug-likeness (QED) is 0.179. The molecule has 12 rings (SSSR count). The second kappa shape index (κ2) is 10.8. The molecule has 0 unspecified atom stereocenters. The maximum Gasteiger partial charge on any atom is 0.143 e. The van der Waals surface area contributed by atoms with E-state index in [1.807, 2.05) is 23.5 Å². The van der Waals surface area contributed by atoms with Gasteiger partial charge in [0.05, 0.1) is 11.0 Å². The van der Waals surface area contributed by atoms with Gasteiger partial charge >= 0.3 is 0 Å². The van der Waals surface area contributed by atoms with Gasteiger partial charge in [0, 0.05) is 63.9 Å². The number of fused-ring (bicyclic) bond motifs is 13. The lowest BCUT2D eigenvalue weighted by Crippen LogP contribution is -2.14. The average molecular weight is 708 g/mol. The smallest absolute Gasteiger partial charge is 0.143 e. The molecule has 11 aromatic rings. The van der Waals surface area contributed by atoms with Gasteiger partial charge in [-0.2, -0.15) is 0 Å². The van der Waals surface area contributed by atoms with E-state index < -0.39 is 0 Å². The van der Waals surface area contributed by atoms with Gasteiger partial charge in [0.2, 0.25) is 0 Å². The normalized spacial score (nSPS) is 13.5. The van der Waals surface area contributed by atoms with Crippen molar-refractivity contribution in [3.8, 4) is 39.1 Å². The summed E-state index contributed by atoms with van der Waals surface area (Å²) in [6.45, 7) is 4.76. The Balaban J connectivity index is 0.985. The van der Waals surface area contributed by atoms with Gasteiger partial charge in [0.15, 0.2) is 0 Å². The number of thiophene rings is 1. The lowest BCUT2D eigenvalue weighted by molar-refractivity contribution is 0.661. The predicted molar refractivity (Wildman–Crippen MR) is 229 cm³/mol. The molecule has 1 aliphatic rings. The van der Waals surface area contributed by atoms with E-state index in [4.69, 9.17) is 4.42 Å². The Hall–Kier alpha value is -6.42. The van der Waals surface area contributed by atoms with Crippen molar-refractivity contribution in [1.29, 1.82) is 0 Å². The highest BCUT2D eigenvalue weighted by Gasteiger charge is 2.37. The van der Waals surface area contributed by atoms with Crippen molar-refractivity contribution in [2.24, 2.45) is 0 Å². The third kappa shape index (κ3) is 4.05. The summed E-state index contributed by atoms with van der Waals surface area (Å²) < 4.78 is 11.5. The molecule has 0 saturated carbocycles. The molecule has 0 amide bonds. The topological polar surface area (TPSA) is 18.1 Å². The number of rotatable bonds is 3. The van der Waals surface area contributed by atoms with E-state index in [2.05, 4.69) is 170 Å². The van der Waals surface area contributed by atoms with Gasteiger partial charge in [-0.05, 0) is 81.9 Å². The number of aromatic nitrogens is 1. The van der Waals surface area contributed by atoms with Gasteiger partial charge in [-0.1, -0.05) is 129 Å². The maximum absolute atomic E-state index is 6.38. The molecule has 1 aliphatic carbocycles. The zero-order valence-electron chi connectivity index (χ0n) is 29.9. The Morgan fingerprint density at radius 2 is 1.17 bits per heavy atom. The van der Waals surface area contributed by atoms with Crippen LogP contribution in [0.4, 0.5) is 0 Å². The highest BCUT2D eigenvalue weighted by atomic mass is 32.1. The molecular weight excluding hydrogens is 675 g/mol. The summed E-state index contributed by atoms with van der Waals surface area (Å²) in [4.78, 5) is 0. The highest BCUT2D eigenvalue weighted by molar-refractivity contribution is 7.26. The van der Waals surface area contributed by atoms with Crippen LogP contribution in [-0.4, -0.2) is 4.57 Å². The first-order valence-electron chi connectivity index (χ1n) is 18.7. The van der Waals surface area contributed by atoms with Crippen LogP contribution in [0.1, 0.15) is 25.0 Å². The third-order valence-electron chi connectivity index (χ3n) is 12.0. The average Bonchev–Trinajstić information content (AvgIpc) is 3.94. The molecule has 0 atom stereocenters. The van der Waals surface area contributed by atoms with Crippen LogP contribution in [0.15, 0.2) is 168 Å². The monoisotopic (exact) mass is 707 g/mol. The summed E-state index contributed by atoms with van der Waals surface area (Å²) in [5, 5.41) is 7.52. The minimum Gasteiger partial charge on any atom is -0.455 e. The minimum atomic E-state index is -0.0565. The summed E-state index contributed by atoms with van der Waals surface area (Å²) in [7, 11) is 0. The molecule has 0 spiro atoms. The van der Waals surface area contributed by atoms with Crippen molar-refractivity contribution < 1.29 is 4.42 Å². The van der Waals surface area contributed by atoms with Gasteiger partial charge < -0.3 is 8.98 Å². The van der Waals surface area contributed by atoms with Gasteiger partial charge in [0.25, 0.3) is 0 Å². The first-order valence-corrected chi connectivity index (χ1v) is 19.5.